The fraction of sp³-hybridized carbons (Fsp3) is 0.214. The zero-order valence-electron chi connectivity index (χ0n) is 20.1. The zero-order chi connectivity index (χ0) is 25.4. The van der Waals surface area contributed by atoms with E-state index in [-0.39, 0.29) is 17.7 Å². The Bertz CT molecular complexity index is 1530. The minimum Gasteiger partial charge on any atom is -0.497 e. The molecule has 0 aliphatic carbocycles. The second kappa shape index (κ2) is 9.37. The highest BCUT2D eigenvalue weighted by Gasteiger charge is 2.36. The molecule has 1 aliphatic rings. The number of benzene rings is 3. The molecule has 1 aromatic heterocycles. The van der Waals surface area contributed by atoms with Crippen LogP contribution < -0.4 is 19.8 Å². The van der Waals surface area contributed by atoms with Crippen molar-refractivity contribution < 1.29 is 23.4 Å². The maximum Gasteiger partial charge on any atom is 0.257 e. The van der Waals surface area contributed by atoms with Crippen LogP contribution in [0.1, 0.15) is 33.1 Å². The van der Waals surface area contributed by atoms with Gasteiger partial charge in [0.25, 0.3) is 11.5 Å². The molecule has 184 valence electrons. The molecule has 1 N–H and O–H groups in total. The van der Waals surface area contributed by atoms with Crippen molar-refractivity contribution in [3.8, 4) is 17.2 Å². The summed E-state index contributed by atoms with van der Waals surface area (Å²) in [5.41, 5.74) is 2.24. The molecule has 0 bridgehead atoms. The summed E-state index contributed by atoms with van der Waals surface area (Å²) in [6.07, 6.45) is 0.506. The van der Waals surface area contributed by atoms with Crippen molar-refractivity contribution >= 4 is 16.8 Å². The SMILES string of the molecule is COc1ccc2[nH]c(=O)c([C@@H]3c4cc(OC)c(OC)cc4CCN3C(=O)c3ccccc3F)cc2c1. The number of hydrogen-bond donors (Lipinski definition) is 1. The van der Waals surface area contributed by atoms with E-state index in [1.54, 1.807) is 49.5 Å². The van der Waals surface area contributed by atoms with Crippen LogP contribution in [0.15, 0.2) is 65.5 Å². The van der Waals surface area contributed by atoms with Gasteiger partial charge in [-0.25, -0.2) is 4.39 Å². The van der Waals surface area contributed by atoms with Crippen LogP contribution in [-0.2, 0) is 6.42 Å². The number of pyridine rings is 1. The molecule has 36 heavy (non-hydrogen) atoms. The summed E-state index contributed by atoms with van der Waals surface area (Å²) in [5, 5.41) is 0.745. The first-order valence-corrected chi connectivity index (χ1v) is 11.5. The third-order valence-electron chi connectivity index (χ3n) is 6.61. The average molecular weight is 489 g/mol. The zero-order valence-corrected chi connectivity index (χ0v) is 20.1. The first-order chi connectivity index (χ1) is 17.4. The van der Waals surface area contributed by atoms with Crippen LogP contribution >= 0.6 is 0 Å². The Labute approximate surface area is 207 Å². The third-order valence-corrected chi connectivity index (χ3v) is 6.61. The van der Waals surface area contributed by atoms with Gasteiger partial charge in [0.1, 0.15) is 11.6 Å². The number of H-pyrrole nitrogens is 1. The Balaban J connectivity index is 1.74. The van der Waals surface area contributed by atoms with E-state index in [1.807, 2.05) is 12.1 Å². The third kappa shape index (κ3) is 3.94. The summed E-state index contributed by atoms with van der Waals surface area (Å²) in [6, 6.07) is 15.8. The summed E-state index contributed by atoms with van der Waals surface area (Å²) >= 11 is 0. The van der Waals surface area contributed by atoms with Crippen molar-refractivity contribution in [2.75, 3.05) is 27.9 Å². The molecule has 3 aromatic carbocycles. The van der Waals surface area contributed by atoms with Crippen molar-refractivity contribution in [2.45, 2.75) is 12.5 Å². The number of nitrogens with one attached hydrogen (secondary N) is 1. The number of fused-ring (bicyclic) bond motifs is 2. The standard InChI is InChI=1S/C28H25FN2O5/c1-34-18-8-9-23-17(12-18)13-21(27(32)30-23)26-20-15-25(36-3)24(35-2)14-16(20)10-11-31(26)28(33)19-6-4-5-7-22(19)29/h4-9,12-15,26H,10-11H2,1-3H3,(H,30,32)/t26-/m0/s1. The van der Waals surface area contributed by atoms with E-state index in [9.17, 15) is 14.0 Å². The lowest BCUT2D eigenvalue weighted by Gasteiger charge is -2.38. The second-order valence-corrected chi connectivity index (χ2v) is 8.54. The van der Waals surface area contributed by atoms with Crippen molar-refractivity contribution in [2.24, 2.45) is 0 Å². The van der Waals surface area contributed by atoms with E-state index in [0.29, 0.717) is 34.7 Å². The van der Waals surface area contributed by atoms with E-state index < -0.39 is 17.8 Å². The summed E-state index contributed by atoms with van der Waals surface area (Å²) < 4.78 is 31.0. The minimum atomic E-state index is -0.778. The lowest BCUT2D eigenvalue weighted by atomic mass is 9.87. The number of rotatable bonds is 5. The van der Waals surface area contributed by atoms with Gasteiger partial charge < -0.3 is 24.1 Å². The van der Waals surface area contributed by atoms with Crippen molar-refractivity contribution in [1.82, 2.24) is 9.88 Å². The number of methoxy groups -OCH3 is 3. The molecular formula is C28H25FN2O5. The number of amides is 1. The maximum atomic E-state index is 14.6. The van der Waals surface area contributed by atoms with Gasteiger partial charge >= 0.3 is 0 Å². The van der Waals surface area contributed by atoms with Crippen LogP contribution in [0.5, 0.6) is 17.2 Å². The van der Waals surface area contributed by atoms with E-state index >= 15 is 0 Å². The van der Waals surface area contributed by atoms with Gasteiger partial charge in [0.15, 0.2) is 11.5 Å². The maximum absolute atomic E-state index is 14.6. The topological polar surface area (TPSA) is 80.9 Å². The lowest BCUT2D eigenvalue weighted by Crippen LogP contribution is -2.42. The lowest BCUT2D eigenvalue weighted by molar-refractivity contribution is 0.0688. The summed E-state index contributed by atoms with van der Waals surface area (Å²) in [6.45, 7) is 0.288. The van der Waals surface area contributed by atoms with Crippen LogP contribution in [0.25, 0.3) is 10.9 Å². The fourth-order valence-corrected chi connectivity index (χ4v) is 4.82. The minimum absolute atomic E-state index is 0.0506. The van der Waals surface area contributed by atoms with Gasteiger partial charge in [-0.05, 0) is 66.1 Å². The van der Waals surface area contributed by atoms with Gasteiger partial charge in [0.05, 0.1) is 32.9 Å². The molecule has 2 heterocycles. The predicted octanol–water partition coefficient (Wildman–Crippen LogP) is 4.48. The molecule has 0 unspecified atom stereocenters. The highest BCUT2D eigenvalue weighted by atomic mass is 19.1. The smallest absolute Gasteiger partial charge is 0.257 e. The Hall–Kier alpha value is -4.33. The van der Waals surface area contributed by atoms with E-state index in [1.165, 1.54) is 25.3 Å². The molecule has 7 nitrogen and oxygen atoms in total. The molecule has 1 aliphatic heterocycles. The van der Waals surface area contributed by atoms with Crippen LogP contribution in [0.3, 0.4) is 0 Å². The second-order valence-electron chi connectivity index (χ2n) is 8.54. The number of aromatic nitrogens is 1. The molecule has 0 radical (unpaired) electrons. The largest absolute Gasteiger partial charge is 0.497 e. The molecule has 0 spiro atoms. The summed E-state index contributed by atoms with van der Waals surface area (Å²) in [4.78, 5) is 31.5. The molecule has 8 heteroatoms. The first-order valence-electron chi connectivity index (χ1n) is 11.5. The number of aromatic amines is 1. The predicted molar refractivity (Wildman–Crippen MR) is 134 cm³/mol. The number of ether oxygens (including phenoxy) is 3. The van der Waals surface area contributed by atoms with Crippen molar-refractivity contribution in [3.63, 3.8) is 0 Å². The molecule has 0 saturated heterocycles. The van der Waals surface area contributed by atoms with Crippen molar-refractivity contribution in [1.29, 1.82) is 0 Å². The Morgan fingerprint density at radius 1 is 0.944 bits per heavy atom. The number of hydrogen-bond acceptors (Lipinski definition) is 5. The molecule has 5 rings (SSSR count). The molecular weight excluding hydrogens is 463 g/mol. The van der Waals surface area contributed by atoms with Gasteiger partial charge in [-0.3, -0.25) is 9.59 Å². The van der Waals surface area contributed by atoms with Gasteiger partial charge in [0.2, 0.25) is 0 Å². The number of carbonyl (C=O) groups excluding carboxylic acids is 1. The van der Waals surface area contributed by atoms with Crippen LogP contribution in [0.4, 0.5) is 4.39 Å². The highest BCUT2D eigenvalue weighted by molar-refractivity contribution is 5.95. The fourth-order valence-electron chi connectivity index (χ4n) is 4.82. The van der Waals surface area contributed by atoms with Crippen LogP contribution in [-0.4, -0.2) is 43.7 Å². The molecule has 1 amide bonds. The van der Waals surface area contributed by atoms with Crippen LogP contribution in [0, 0.1) is 5.82 Å². The Morgan fingerprint density at radius 2 is 1.69 bits per heavy atom. The molecule has 4 aromatic rings. The van der Waals surface area contributed by atoms with Crippen LogP contribution in [0.2, 0.25) is 0 Å². The number of nitrogens with zero attached hydrogens (tertiary/aromatic N) is 1. The monoisotopic (exact) mass is 488 g/mol. The van der Waals surface area contributed by atoms with Gasteiger partial charge in [-0.15, -0.1) is 0 Å². The first kappa shape index (κ1) is 23.4. The normalized spacial score (nSPS) is 14.9. The van der Waals surface area contributed by atoms with E-state index in [2.05, 4.69) is 4.98 Å². The summed E-state index contributed by atoms with van der Waals surface area (Å²) in [7, 11) is 4.65. The average Bonchev–Trinajstić information content (AvgIpc) is 2.90. The molecule has 0 saturated carbocycles. The number of carbonyl (C=O) groups is 1. The molecule has 0 fully saturated rings. The Morgan fingerprint density at radius 3 is 2.42 bits per heavy atom. The van der Waals surface area contributed by atoms with Gasteiger partial charge in [-0.2, -0.15) is 0 Å². The molecule has 1 atom stereocenters. The summed E-state index contributed by atoms with van der Waals surface area (Å²) in [5.74, 6) is 0.553. The van der Waals surface area contributed by atoms with Gasteiger partial charge in [-0.1, -0.05) is 12.1 Å². The van der Waals surface area contributed by atoms with E-state index in [4.69, 9.17) is 14.2 Å². The van der Waals surface area contributed by atoms with Crippen molar-refractivity contribution in [3.05, 3.63) is 99.1 Å². The number of halogens is 1. The quantitative estimate of drug-likeness (QED) is 0.448. The van der Waals surface area contributed by atoms with Gasteiger partial charge in [0, 0.05) is 23.0 Å². The highest BCUT2D eigenvalue weighted by Crippen LogP contribution is 2.41. The van der Waals surface area contributed by atoms with E-state index in [0.717, 1.165) is 16.5 Å². The Kier molecular flexibility index (Phi) is 6.10.